The van der Waals surface area contributed by atoms with Gasteiger partial charge in [0.2, 0.25) is 0 Å². The Kier molecular flexibility index (Phi) is 9.80. The molecule has 0 fully saturated rings. The highest BCUT2D eigenvalue weighted by atomic mass is 16.5. The van der Waals surface area contributed by atoms with Crippen molar-refractivity contribution in [3.63, 3.8) is 0 Å². The van der Waals surface area contributed by atoms with Crippen molar-refractivity contribution in [2.45, 2.75) is 85.2 Å². The Hall–Kier alpha value is -2.33. The zero-order valence-electron chi connectivity index (χ0n) is 21.1. The molecule has 0 aromatic heterocycles. The van der Waals surface area contributed by atoms with Crippen LogP contribution in [-0.2, 0) is 19.4 Å². The number of carbonyl (C=O) groups excluding carboxylic acids is 1. The van der Waals surface area contributed by atoms with Gasteiger partial charge in [0.15, 0.2) is 0 Å². The van der Waals surface area contributed by atoms with Crippen molar-refractivity contribution in [2.75, 3.05) is 19.7 Å². The molecule has 1 N–H and O–H groups in total. The second kappa shape index (κ2) is 12.8. The van der Waals surface area contributed by atoms with Crippen molar-refractivity contribution >= 4 is 5.91 Å². The molecular weight excluding hydrogens is 408 g/mol. The first-order chi connectivity index (χ1) is 16.0. The number of unbranched alkanes of at least 4 members (excludes halogenated alkanes) is 2. The fourth-order valence-corrected chi connectivity index (χ4v) is 4.60. The minimum atomic E-state index is 0.0205. The highest BCUT2D eigenvalue weighted by Crippen LogP contribution is 2.24. The average molecular weight is 451 g/mol. The molecule has 4 heteroatoms. The van der Waals surface area contributed by atoms with Crippen LogP contribution in [0.25, 0.3) is 0 Å². The molecule has 2 aromatic carbocycles. The molecule has 0 radical (unpaired) electrons. The van der Waals surface area contributed by atoms with Crippen molar-refractivity contribution in [1.82, 2.24) is 10.2 Å². The van der Waals surface area contributed by atoms with Gasteiger partial charge >= 0.3 is 0 Å². The molecule has 0 unspecified atom stereocenters. The molecule has 180 valence electrons. The predicted molar refractivity (Wildman–Crippen MR) is 137 cm³/mol. The Morgan fingerprint density at radius 3 is 2.61 bits per heavy atom. The first kappa shape index (κ1) is 25.3. The molecule has 1 aliphatic carbocycles. The summed E-state index contributed by atoms with van der Waals surface area (Å²) in [6.45, 7) is 12.6. The van der Waals surface area contributed by atoms with E-state index in [0.29, 0.717) is 0 Å². The largest absolute Gasteiger partial charge is 0.494 e. The molecular formula is C29H42N2O2. The maximum Gasteiger partial charge on any atom is 0.251 e. The monoisotopic (exact) mass is 450 g/mol. The summed E-state index contributed by atoms with van der Waals surface area (Å²) in [7, 11) is 0. The predicted octanol–water partition coefficient (Wildman–Crippen LogP) is 6.08. The smallest absolute Gasteiger partial charge is 0.251 e. The van der Waals surface area contributed by atoms with Gasteiger partial charge in [-0.2, -0.15) is 0 Å². The zero-order valence-corrected chi connectivity index (χ0v) is 21.1. The quantitative estimate of drug-likeness (QED) is 0.398. The normalized spacial score (nSPS) is 15.4. The lowest BCUT2D eigenvalue weighted by Gasteiger charge is -2.27. The van der Waals surface area contributed by atoms with E-state index in [1.165, 1.54) is 36.1 Å². The summed E-state index contributed by atoms with van der Waals surface area (Å²) >= 11 is 0. The molecule has 0 saturated heterocycles. The SMILES string of the molecule is CCCCOc1ccc(C(=O)N[C@H]2CCc3cc(CN(CC)CCCC)ccc3C2)c(C)c1. The van der Waals surface area contributed by atoms with Crippen LogP contribution < -0.4 is 10.1 Å². The van der Waals surface area contributed by atoms with E-state index in [4.69, 9.17) is 4.74 Å². The van der Waals surface area contributed by atoms with Gasteiger partial charge in [0, 0.05) is 18.2 Å². The molecule has 0 bridgehead atoms. The first-order valence-electron chi connectivity index (χ1n) is 12.9. The molecule has 4 nitrogen and oxygen atoms in total. The average Bonchev–Trinajstić information content (AvgIpc) is 2.82. The highest BCUT2D eigenvalue weighted by Gasteiger charge is 2.22. The number of rotatable bonds is 12. The summed E-state index contributed by atoms with van der Waals surface area (Å²) in [4.78, 5) is 15.5. The van der Waals surface area contributed by atoms with Crippen molar-refractivity contribution in [1.29, 1.82) is 0 Å². The topological polar surface area (TPSA) is 41.6 Å². The Bertz CT molecular complexity index is 908. The van der Waals surface area contributed by atoms with Crippen LogP contribution in [0.15, 0.2) is 36.4 Å². The minimum absolute atomic E-state index is 0.0205. The molecule has 0 aliphatic heterocycles. The van der Waals surface area contributed by atoms with Crippen LogP contribution in [0.4, 0.5) is 0 Å². The maximum atomic E-state index is 13.0. The molecule has 3 rings (SSSR count). The van der Waals surface area contributed by atoms with Crippen LogP contribution in [0.5, 0.6) is 5.75 Å². The minimum Gasteiger partial charge on any atom is -0.494 e. The second-order valence-electron chi connectivity index (χ2n) is 9.42. The van der Waals surface area contributed by atoms with Gasteiger partial charge in [-0.05, 0) is 92.6 Å². The van der Waals surface area contributed by atoms with Gasteiger partial charge in [-0.1, -0.05) is 51.8 Å². The van der Waals surface area contributed by atoms with E-state index in [-0.39, 0.29) is 11.9 Å². The van der Waals surface area contributed by atoms with E-state index in [1.807, 2.05) is 25.1 Å². The zero-order chi connectivity index (χ0) is 23.6. The summed E-state index contributed by atoms with van der Waals surface area (Å²) in [5.41, 5.74) is 5.94. The van der Waals surface area contributed by atoms with E-state index in [2.05, 4.69) is 49.2 Å². The maximum absolute atomic E-state index is 13.0. The highest BCUT2D eigenvalue weighted by molar-refractivity contribution is 5.96. The summed E-state index contributed by atoms with van der Waals surface area (Å²) in [6.07, 6.45) is 7.58. The number of benzene rings is 2. The van der Waals surface area contributed by atoms with Crippen LogP contribution in [0.1, 0.15) is 85.5 Å². The third-order valence-electron chi connectivity index (χ3n) is 6.72. The summed E-state index contributed by atoms with van der Waals surface area (Å²) in [5, 5.41) is 3.28. The number of fused-ring (bicyclic) bond motifs is 1. The van der Waals surface area contributed by atoms with Crippen LogP contribution in [0.3, 0.4) is 0 Å². The van der Waals surface area contributed by atoms with Gasteiger partial charge in [-0.15, -0.1) is 0 Å². The standard InChI is InChI=1S/C29H42N2O2/c1-5-8-16-31(7-3)21-23-10-11-25-20-26(13-12-24(25)19-23)30-29(32)28-15-14-27(18-22(28)4)33-17-9-6-2/h10-11,14-15,18-19,26H,5-9,12-13,16-17,20-21H2,1-4H3,(H,30,32)/t26-/m0/s1. The lowest BCUT2D eigenvalue weighted by atomic mass is 9.87. The molecule has 1 amide bonds. The van der Waals surface area contributed by atoms with Gasteiger partial charge in [0.25, 0.3) is 5.91 Å². The number of nitrogens with one attached hydrogen (secondary N) is 1. The van der Waals surface area contributed by atoms with Crippen molar-refractivity contribution in [2.24, 2.45) is 0 Å². The number of ether oxygens (including phenoxy) is 1. The number of carbonyl (C=O) groups is 1. The van der Waals surface area contributed by atoms with Crippen LogP contribution >= 0.6 is 0 Å². The molecule has 0 spiro atoms. The summed E-state index contributed by atoms with van der Waals surface area (Å²) in [6, 6.07) is 12.9. The lowest BCUT2D eigenvalue weighted by Crippen LogP contribution is -2.39. The van der Waals surface area contributed by atoms with E-state index < -0.39 is 0 Å². The third kappa shape index (κ3) is 7.33. The van der Waals surface area contributed by atoms with Gasteiger partial charge < -0.3 is 10.1 Å². The summed E-state index contributed by atoms with van der Waals surface area (Å²) in [5.74, 6) is 0.864. The first-order valence-corrected chi connectivity index (χ1v) is 12.9. The fourth-order valence-electron chi connectivity index (χ4n) is 4.60. The van der Waals surface area contributed by atoms with E-state index in [0.717, 1.165) is 68.7 Å². The summed E-state index contributed by atoms with van der Waals surface area (Å²) < 4.78 is 5.78. The van der Waals surface area contributed by atoms with Crippen molar-refractivity contribution in [3.05, 3.63) is 64.2 Å². The van der Waals surface area contributed by atoms with Crippen LogP contribution in [0.2, 0.25) is 0 Å². The molecule has 33 heavy (non-hydrogen) atoms. The molecule has 2 aromatic rings. The Morgan fingerprint density at radius 1 is 1.06 bits per heavy atom. The molecule has 1 aliphatic rings. The fraction of sp³-hybridized carbons (Fsp3) is 0.552. The van der Waals surface area contributed by atoms with E-state index >= 15 is 0 Å². The van der Waals surface area contributed by atoms with E-state index in [1.54, 1.807) is 0 Å². The van der Waals surface area contributed by atoms with E-state index in [9.17, 15) is 4.79 Å². The van der Waals surface area contributed by atoms with Gasteiger partial charge in [0.1, 0.15) is 5.75 Å². The van der Waals surface area contributed by atoms with Gasteiger partial charge in [0.05, 0.1) is 6.61 Å². The van der Waals surface area contributed by atoms with Crippen molar-refractivity contribution < 1.29 is 9.53 Å². The number of hydrogen-bond donors (Lipinski definition) is 1. The number of aryl methyl sites for hydroxylation is 2. The molecule has 0 heterocycles. The van der Waals surface area contributed by atoms with Gasteiger partial charge in [-0.3, -0.25) is 9.69 Å². The Labute approximate surface area is 200 Å². The third-order valence-corrected chi connectivity index (χ3v) is 6.72. The van der Waals surface area contributed by atoms with Crippen LogP contribution in [-0.4, -0.2) is 36.5 Å². The molecule has 0 saturated carbocycles. The van der Waals surface area contributed by atoms with Gasteiger partial charge in [-0.25, -0.2) is 0 Å². The van der Waals surface area contributed by atoms with Crippen molar-refractivity contribution in [3.8, 4) is 5.75 Å². The Morgan fingerprint density at radius 2 is 1.88 bits per heavy atom. The lowest BCUT2D eigenvalue weighted by molar-refractivity contribution is 0.0933. The van der Waals surface area contributed by atoms with Crippen LogP contribution in [0, 0.1) is 6.92 Å². The second-order valence-corrected chi connectivity index (χ2v) is 9.42. The Balaban J connectivity index is 1.57. The number of hydrogen-bond acceptors (Lipinski definition) is 3. The number of nitrogens with zero attached hydrogens (tertiary/aromatic N) is 1. The number of amides is 1. The molecule has 1 atom stereocenters.